The van der Waals surface area contributed by atoms with Crippen LogP contribution in [0.1, 0.15) is 364 Å². The predicted octanol–water partition coefficient (Wildman–Crippen LogP) is 20.9. The number of rotatable bonds is 70. The molecule has 0 heterocycles. The van der Waals surface area contributed by atoms with Gasteiger partial charge in [0.2, 0.25) is 0 Å². The molecule has 6 atom stereocenters. The number of phosphoric ester groups is 2. The molecule has 0 fully saturated rings. The van der Waals surface area contributed by atoms with E-state index in [4.69, 9.17) is 37.0 Å². The first kappa shape index (κ1) is 90.1. The van der Waals surface area contributed by atoms with E-state index in [2.05, 4.69) is 55.4 Å². The first-order valence-electron chi connectivity index (χ1n) is 37.7. The first-order valence-corrected chi connectivity index (χ1v) is 40.7. The molecule has 17 nitrogen and oxygen atoms in total. The highest BCUT2D eigenvalue weighted by molar-refractivity contribution is 7.47. The Kier molecular flexibility index (Phi) is 61.3. The molecule has 3 N–H and O–H groups in total. The number of aliphatic hydroxyl groups excluding tert-OH is 1. The van der Waals surface area contributed by atoms with Crippen molar-refractivity contribution >= 4 is 39.5 Å². The van der Waals surface area contributed by atoms with Crippen LogP contribution in [0.2, 0.25) is 0 Å². The Bertz CT molecular complexity index is 1820. The van der Waals surface area contributed by atoms with Gasteiger partial charge in [0.1, 0.15) is 19.3 Å². The summed E-state index contributed by atoms with van der Waals surface area (Å²) in [6.07, 6.45) is 45.9. The van der Waals surface area contributed by atoms with Gasteiger partial charge in [-0.3, -0.25) is 37.3 Å². The number of hydrogen-bond donors (Lipinski definition) is 3. The number of hydrogen-bond acceptors (Lipinski definition) is 15. The number of carbonyl (C=O) groups excluding carboxylic acids is 4. The van der Waals surface area contributed by atoms with Gasteiger partial charge in [-0.2, -0.15) is 0 Å². The lowest BCUT2D eigenvalue weighted by molar-refractivity contribution is -0.161. The van der Waals surface area contributed by atoms with Crippen LogP contribution in [0.4, 0.5) is 0 Å². The number of unbranched alkanes of at least 4 members (excludes halogenated alkanes) is 35. The zero-order chi connectivity index (χ0) is 68.2. The smallest absolute Gasteiger partial charge is 0.462 e. The lowest BCUT2D eigenvalue weighted by Gasteiger charge is -2.21. The van der Waals surface area contributed by atoms with E-state index in [0.29, 0.717) is 37.5 Å². The monoisotopic (exact) mass is 1350 g/mol. The van der Waals surface area contributed by atoms with E-state index in [0.717, 1.165) is 108 Å². The third-order valence-corrected chi connectivity index (χ3v) is 19.1. The van der Waals surface area contributed by atoms with Crippen LogP contribution in [0.25, 0.3) is 0 Å². The standard InChI is InChI=1S/C73H142O17P2/c1-9-66(8)52-44-36-28-20-17-18-21-29-37-45-53-70(75)83-59-68(89-72(77)55-47-39-30-22-16-14-12-10-11-13-15-19-25-33-41-49-63(2)3)61-87-91(79,80)85-57-67(74)58-86-92(81,82)88-62-69(90-73(78)56-48-40-32-24-27-35-43-51-65(6)7)60-84-71(76)54-46-38-31-23-26-34-42-50-64(4)5/h63-69,74H,9-62H2,1-8H3,(H,79,80)(H,81,82)/t66?,67?,68-,69-/m1/s1. The molecule has 19 heteroatoms. The van der Waals surface area contributed by atoms with E-state index < -0.39 is 97.5 Å². The fourth-order valence-corrected chi connectivity index (χ4v) is 12.6. The molecule has 0 aliphatic heterocycles. The third kappa shape index (κ3) is 65.4. The topological polar surface area (TPSA) is 237 Å². The normalized spacial score (nSPS) is 14.5. The van der Waals surface area contributed by atoms with Gasteiger partial charge < -0.3 is 33.8 Å². The second-order valence-electron chi connectivity index (χ2n) is 28.0. The SMILES string of the molecule is CCC(C)CCCCCCCCCCCCC(=O)OC[C@H](COP(=O)(O)OCC(O)COP(=O)(O)OC[C@@H](COC(=O)CCCCCCCCCC(C)C)OC(=O)CCCCCCCCCC(C)C)OC(=O)CCCCCCCCCCCCCCCCCC(C)C. The van der Waals surface area contributed by atoms with Crippen molar-refractivity contribution < 1.29 is 80.2 Å². The summed E-state index contributed by atoms with van der Waals surface area (Å²) in [7, 11) is -9.91. The predicted molar refractivity (Wildman–Crippen MR) is 372 cm³/mol. The minimum Gasteiger partial charge on any atom is -0.462 e. The largest absolute Gasteiger partial charge is 0.472 e. The number of carbonyl (C=O) groups is 4. The molecule has 0 bridgehead atoms. The second-order valence-corrected chi connectivity index (χ2v) is 30.9. The third-order valence-electron chi connectivity index (χ3n) is 17.2. The van der Waals surface area contributed by atoms with Gasteiger partial charge in [-0.1, -0.05) is 312 Å². The molecule has 0 aliphatic rings. The highest BCUT2D eigenvalue weighted by atomic mass is 31.2. The Morgan fingerprint density at radius 3 is 0.772 bits per heavy atom. The van der Waals surface area contributed by atoms with Gasteiger partial charge >= 0.3 is 39.5 Å². The maximum Gasteiger partial charge on any atom is 0.472 e. The number of aliphatic hydroxyl groups is 1. The van der Waals surface area contributed by atoms with E-state index in [1.165, 1.54) is 161 Å². The van der Waals surface area contributed by atoms with Crippen molar-refractivity contribution in [3.05, 3.63) is 0 Å². The molecule has 92 heavy (non-hydrogen) atoms. The Hall–Kier alpha value is -1.94. The van der Waals surface area contributed by atoms with Gasteiger partial charge in [-0.15, -0.1) is 0 Å². The average molecular weight is 1350 g/mol. The summed E-state index contributed by atoms with van der Waals surface area (Å²) in [5, 5.41) is 10.6. The fourth-order valence-electron chi connectivity index (χ4n) is 11.0. The van der Waals surface area contributed by atoms with E-state index in [1.807, 2.05) is 0 Å². The molecule has 0 rings (SSSR count). The van der Waals surface area contributed by atoms with E-state index >= 15 is 0 Å². The van der Waals surface area contributed by atoms with E-state index in [9.17, 15) is 43.2 Å². The van der Waals surface area contributed by atoms with E-state index in [1.54, 1.807) is 0 Å². The molecule has 4 unspecified atom stereocenters. The Balaban J connectivity index is 5.24. The molecule has 0 aliphatic carbocycles. The number of phosphoric acid groups is 2. The zero-order valence-corrected chi connectivity index (χ0v) is 62.0. The van der Waals surface area contributed by atoms with Crippen molar-refractivity contribution in [1.29, 1.82) is 0 Å². The maximum atomic E-state index is 13.1. The van der Waals surface area contributed by atoms with Crippen molar-refractivity contribution in [2.75, 3.05) is 39.6 Å². The van der Waals surface area contributed by atoms with Crippen molar-refractivity contribution in [3.8, 4) is 0 Å². The molecule has 0 spiro atoms. The van der Waals surface area contributed by atoms with Crippen LogP contribution in [0.15, 0.2) is 0 Å². The Morgan fingerprint density at radius 1 is 0.304 bits per heavy atom. The summed E-state index contributed by atoms with van der Waals surface area (Å²) in [4.78, 5) is 72.6. The van der Waals surface area contributed by atoms with Crippen LogP contribution in [-0.4, -0.2) is 96.7 Å². The van der Waals surface area contributed by atoms with Gasteiger partial charge in [0.25, 0.3) is 0 Å². The quantitative estimate of drug-likeness (QED) is 0.0222. The maximum absolute atomic E-state index is 13.1. The summed E-state index contributed by atoms with van der Waals surface area (Å²) in [5.41, 5.74) is 0. The van der Waals surface area contributed by atoms with Crippen molar-refractivity contribution in [3.63, 3.8) is 0 Å². The molecule has 0 aromatic carbocycles. The summed E-state index contributed by atoms with van der Waals surface area (Å²) in [6.45, 7) is 14.1. The van der Waals surface area contributed by atoms with Gasteiger partial charge in [0.05, 0.1) is 26.4 Å². The molecule has 0 aromatic rings. The van der Waals surface area contributed by atoms with Crippen LogP contribution < -0.4 is 0 Å². The molecular weight excluding hydrogens is 1210 g/mol. The lowest BCUT2D eigenvalue weighted by atomic mass is 9.99. The van der Waals surface area contributed by atoms with Crippen LogP contribution in [-0.2, 0) is 65.4 Å². The van der Waals surface area contributed by atoms with Crippen molar-refractivity contribution in [2.45, 2.75) is 382 Å². The Morgan fingerprint density at radius 2 is 0.522 bits per heavy atom. The minimum absolute atomic E-state index is 0.102. The highest BCUT2D eigenvalue weighted by Crippen LogP contribution is 2.45. The van der Waals surface area contributed by atoms with Crippen LogP contribution in [0.3, 0.4) is 0 Å². The summed E-state index contributed by atoms with van der Waals surface area (Å²) < 4.78 is 68.4. The van der Waals surface area contributed by atoms with Gasteiger partial charge in [0.15, 0.2) is 12.2 Å². The first-order chi connectivity index (χ1) is 44.1. The van der Waals surface area contributed by atoms with Gasteiger partial charge in [-0.05, 0) is 49.4 Å². The van der Waals surface area contributed by atoms with Crippen LogP contribution in [0, 0.1) is 23.7 Å². The van der Waals surface area contributed by atoms with E-state index in [-0.39, 0.29) is 25.7 Å². The molecule has 546 valence electrons. The van der Waals surface area contributed by atoms with Crippen LogP contribution >= 0.6 is 15.6 Å². The van der Waals surface area contributed by atoms with Crippen molar-refractivity contribution in [1.82, 2.24) is 0 Å². The highest BCUT2D eigenvalue weighted by Gasteiger charge is 2.30. The second kappa shape index (κ2) is 62.6. The lowest BCUT2D eigenvalue weighted by Crippen LogP contribution is -2.30. The summed E-state index contributed by atoms with van der Waals surface area (Å²) >= 11 is 0. The number of esters is 4. The van der Waals surface area contributed by atoms with Gasteiger partial charge in [0, 0.05) is 25.7 Å². The molecule has 0 saturated carbocycles. The van der Waals surface area contributed by atoms with Crippen LogP contribution in [0.5, 0.6) is 0 Å². The molecule has 0 amide bonds. The van der Waals surface area contributed by atoms with Gasteiger partial charge in [-0.25, -0.2) is 9.13 Å². The Labute approximate surface area is 562 Å². The zero-order valence-electron chi connectivity index (χ0n) is 60.2. The van der Waals surface area contributed by atoms with Crippen molar-refractivity contribution in [2.24, 2.45) is 23.7 Å². The summed E-state index contributed by atoms with van der Waals surface area (Å²) in [6, 6.07) is 0. The minimum atomic E-state index is -4.96. The molecule has 0 saturated heterocycles. The summed E-state index contributed by atoms with van der Waals surface area (Å²) in [5.74, 6) is 0.885. The fraction of sp³-hybridized carbons (Fsp3) is 0.945. The molecular formula is C73H142O17P2. The molecule has 0 radical (unpaired) electrons. The number of ether oxygens (including phenoxy) is 4. The average Bonchev–Trinajstić information content (AvgIpc) is 2.38. The molecule has 0 aromatic heterocycles.